The monoisotopic (exact) mass is 135 g/mol. The van der Waals surface area contributed by atoms with Crippen molar-refractivity contribution >= 4 is 0 Å². The summed E-state index contributed by atoms with van der Waals surface area (Å²) < 4.78 is 25.1. The highest BCUT2D eigenvalue weighted by molar-refractivity contribution is 4.83. The van der Waals surface area contributed by atoms with Crippen molar-refractivity contribution in [2.75, 3.05) is 6.54 Å². The van der Waals surface area contributed by atoms with Crippen LogP contribution in [0, 0.1) is 0 Å². The molecule has 0 bridgehead atoms. The molecule has 1 atom stereocenters. The molecular formula is C6H11F2N. The first kappa shape index (κ1) is 6.93. The summed E-state index contributed by atoms with van der Waals surface area (Å²) in [7, 11) is 0. The summed E-state index contributed by atoms with van der Waals surface area (Å²) in [6, 6.07) is -0.633. The summed E-state index contributed by atoms with van der Waals surface area (Å²) in [6.07, 6.45) is 0.637. The van der Waals surface area contributed by atoms with Gasteiger partial charge in [0.2, 0.25) is 0 Å². The van der Waals surface area contributed by atoms with Gasteiger partial charge < -0.3 is 5.32 Å². The maximum atomic E-state index is 12.5. The molecule has 0 aromatic carbocycles. The quantitative estimate of drug-likeness (QED) is 0.529. The molecule has 0 amide bonds. The fourth-order valence-corrected chi connectivity index (χ4v) is 1.01. The molecule has 0 aromatic heterocycles. The Morgan fingerprint density at radius 3 is 2.56 bits per heavy atom. The molecular weight excluding hydrogens is 124 g/mol. The molecule has 0 radical (unpaired) electrons. The zero-order chi connectivity index (χ0) is 6.91. The van der Waals surface area contributed by atoms with Crippen molar-refractivity contribution in [1.29, 1.82) is 0 Å². The fourth-order valence-electron chi connectivity index (χ4n) is 1.01. The van der Waals surface area contributed by atoms with E-state index in [1.165, 1.54) is 6.92 Å². The van der Waals surface area contributed by atoms with Gasteiger partial charge in [0.25, 0.3) is 5.92 Å². The van der Waals surface area contributed by atoms with Crippen molar-refractivity contribution in [2.45, 2.75) is 31.7 Å². The molecule has 1 aliphatic rings. The maximum Gasteiger partial charge on any atom is 0.262 e. The molecule has 54 valence electrons. The van der Waals surface area contributed by atoms with Gasteiger partial charge in [-0.05, 0) is 19.9 Å². The van der Waals surface area contributed by atoms with E-state index in [-0.39, 0.29) is 6.42 Å². The van der Waals surface area contributed by atoms with E-state index in [0.29, 0.717) is 6.42 Å². The minimum Gasteiger partial charge on any atom is -0.309 e. The molecule has 1 rings (SSSR count). The third kappa shape index (κ3) is 1.39. The van der Waals surface area contributed by atoms with Crippen LogP contribution in [0.5, 0.6) is 0 Å². The van der Waals surface area contributed by atoms with Crippen molar-refractivity contribution in [3.05, 3.63) is 0 Å². The summed E-state index contributed by atoms with van der Waals surface area (Å²) in [4.78, 5) is 0. The standard InChI is InChI=1S/C6H11F2N/c1-5-6(7,8)3-2-4-9-5/h5,9H,2-4H2,1H3. The van der Waals surface area contributed by atoms with E-state index in [1.807, 2.05) is 0 Å². The Morgan fingerprint density at radius 1 is 1.56 bits per heavy atom. The molecule has 1 heterocycles. The number of halogens is 2. The van der Waals surface area contributed by atoms with E-state index in [1.54, 1.807) is 0 Å². The molecule has 0 spiro atoms. The lowest BCUT2D eigenvalue weighted by Crippen LogP contribution is -2.47. The van der Waals surface area contributed by atoms with Crippen LogP contribution in [-0.2, 0) is 0 Å². The van der Waals surface area contributed by atoms with Crippen molar-refractivity contribution in [3.63, 3.8) is 0 Å². The van der Waals surface area contributed by atoms with Crippen LogP contribution in [0.1, 0.15) is 19.8 Å². The molecule has 0 aromatic rings. The van der Waals surface area contributed by atoms with E-state index in [2.05, 4.69) is 5.32 Å². The molecule has 9 heavy (non-hydrogen) atoms. The van der Waals surface area contributed by atoms with Crippen molar-refractivity contribution < 1.29 is 8.78 Å². The summed E-state index contributed by atoms with van der Waals surface area (Å²) in [5.74, 6) is -2.47. The van der Waals surface area contributed by atoms with Crippen LogP contribution in [0.2, 0.25) is 0 Å². The first-order valence-corrected chi connectivity index (χ1v) is 3.24. The van der Waals surface area contributed by atoms with Gasteiger partial charge in [0.1, 0.15) is 0 Å². The smallest absolute Gasteiger partial charge is 0.262 e. The topological polar surface area (TPSA) is 12.0 Å². The number of hydrogen-bond acceptors (Lipinski definition) is 1. The first-order valence-electron chi connectivity index (χ1n) is 3.24. The van der Waals surface area contributed by atoms with Crippen molar-refractivity contribution in [2.24, 2.45) is 0 Å². The zero-order valence-corrected chi connectivity index (χ0v) is 5.45. The van der Waals surface area contributed by atoms with Crippen LogP contribution in [0.25, 0.3) is 0 Å². The van der Waals surface area contributed by atoms with Gasteiger partial charge in [-0.2, -0.15) is 0 Å². The van der Waals surface area contributed by atoms with Crippen molar-refractivity contribution in [3.8, 4) is 0 Å². The number of piperidine rings is 1. The van der Waals surface area contributed by atoms with Crippen LogP contribution >= 0.6 is 0 Å². The van der Waals surface area contributed by atoms with E-state index in [9.17, 15) is 8.78 Å². The molecule has 1 saturated heterocycles. The lowest BCUT2D eigenvalue weighted by Gasteiger charge is -2.29. The van der Waals surface area contributed by atoms with Gasteiger partial charge in [-0.15, -0.1) is 0 Å². The minimum absolute atomic E-state index is 0.0428. The minimum atomic E-state index is -2.47. The molecule has 0 saturated carbocycles. The Labute approximate surface area is 53.4 Å². The van der Waals surface area contributed by atoms with Crippen LogP contribution in [0.3, 0.4) is 0 Å². The van der Waals surface area contributed by atoms with Gasteiger partial charge in [0.15, 0.2) is 0 Å². The van der Waals surface area contributed by atoms with Gasteiger partial charge in [0.05, 0.1) is 6.04 Å². The van der Waals surface area contributed by atoms with Crippen LogP contribution in [-0.4, -0.2) is 18.5 Å². The predicted octanol–water partition coefficient (Wildman–Crippen LogP) is 1.39. The van der Waals surface area contributed by atoms with Gasteiger partial charge in [-0.1, -0.05) is 0 Å². The van der Waals surface area contributed by atoms with Crippen LogP contribution in [0.4, 0.5) is 8.78 Å². The van der Waals surface area contributed by atoms with Gasteiger partial charge in [-0.25, -0.2) is 8.78 Å². The zero-order valence-electron chi connectivity index (χ0n) is 5.45. The maximum absolute atomic E-state index is 12.5. The van der Waals surface area contributed by atoms with E-state index in [0.717, 1.165) is 6.54 Å². The number of alkyl halides is 2. The Balaban J connectivity index is 2.49. The van der Waals surface area contributed by atoms with Crippen LogP contribution < -0.4 is 5.32 Å². The number of rotatable bonds is 0. The van der Waals surface area contributed by atoms with E-state index in [4.69, 9.17) is 0 Å². The third-order valence-electron chi connectivity index (χ3n) is 1.77. The summed E-state index contributed by atoms with van der Waals surface area (Å²) in [5, 5.41) is 2.72. The molecule has 1 fully saturated rings. The fraction of sp³-hybridized carbons (Fsp3) is 1.00. The molecule has 1 nitrogen and oxygen atoms in total. The summed E-state index contributed by atoms with van der Waals surface area (Å²) in [6.45, 7) is 2.26. The van der Waals surface area contributed by atoms with E-state index < -0.39 is 12.0 Å². The van der Waals surface area contributed by atoms with Crippen LogP contribution in [0.15, 0.2) is 0 Å². The second kappa shape index (κ2) is 2.21. The lowest BCUT2D eigenvalue weighted by atomic mass is 10.0. The lowest BCUT2D eigenvalue weighted by molar-refractivity contribution is -0.0545. The predicted molar refractivity (Wildman–Crippen MR) is 31.6 cm³/mol. The molecule has 1 unspecified atom stereocenters. The Bertz CT molecular complexity index is 103. The van der Waals surface area contributed by atoms with Gasteiger partial charge >= 0.3 is 0 Å². The molecule has 3 heteroatoms. The number of nitrogens with one attached hydrogen (secondary N) is 1. The average Bonchev–Trinajstić information content (AvgIpc) is 1.77. The molecule has 0 aliphatic carbocycles. The highest BCUT2D eigenvalue weighted by Gasteiger charge is 2.37. The highest BCUT2D eigenvalue weighted by atomic mass is 19.3. The third-order valence-corrected chi connectivity index (χ3v) is 1.77. The second-order valence-electron chi connectivity index (χ2n) is 2.54. The second-order valence-corrected chi connectivity index (χ2v) is 2.54. The largest absolute Gasteiger partial charge is 0.309 e. The van der Waals surface area contributed by atoms with E-state index >= 15 is 0 Å². The summed E-state index contributed by atoms with van der Waals surface area (Å²) >= 11 is 0. The highest BCUT2D eigenvalue weighted by Crippen LogP contribution is 2.26. The Kier molecular flexibility index (Phi) is 1.70. The SMILES string of the molecule is CC1NCCCC1(F)F. The first-order chi connectivity index (χ1) is 4.13. The number of hydrogen-bond donors (Lipinski definition) is 1. The Hall–Kier alpha value is -0.180. The molecule has 1 N–H and O–H groups in total. The normalized spacial score (nSPS) is 34.3. The average molecular weight is 135 g/mol. The Morgan fingerprint density at radius 2 is 2.22 bits per heavy atom. The van der Waals surface area contributed by atoms with Gasteiger partial charge in [0, 0.05) is 6.42 Å². The molecule has 1 aliphatic heterocycles. The van der Waals surface area contributed by atoms with Gasteiger partial charge in [-0.3, -0.25) is 0 Å². The summed E-state index contributed by atoms with van der Waals surface area (Å²) in [5.41, 5.74) is 0. The van der Waals surface area contributed by atoms with Crippen molar-refractivity contribution in [1.82, 2.24) is 5.32 Å².